The van der Waals surface area contributed by atoms with E-state index in [1.807, 2.05) is 6.07 Å². The zero-order valence-corrected chi connectivity index (χ0v) is 18.3. The highest BCUT2D eigenvalue weighted by atomic mass is 32.2. The van der Waals surface area contributed by atoms with Crippen LogP contribution in [0.2, 0.25) is 0 Å². The van der Waals surface area contributed by atoms with Gasteiger partial charge in [0.2, 0.25) is 0 Å². The van der Waals surface area contributed by atoms with Crippen molar-refractivity contribution in [3.8, 4) is 0 Å². The van der Waals surface area contributed by atoms with Crippen LogP contribution in [0.1, 0.15) is 17.3 Å². The first kappa shape index (κ1) is 21.7. The van der Waals surface area contributed by atoms with E-state index >= 15 is 0 Å². The first-order valence-corrected chi connectivity index (χ1v) is 11.6. The summed E-state index contributed by atoms with van der Waals surface area (Å²) in [4.78, 5) is 13.8. The average molecular weight is 454 g/mol. The van der Waals surface area contributed by atoms with E-state index in [2.05, 4.69) is 25.1 Å². The third-order valence-electron chi connectivity index (χ3n) is 4.98. The molecule has 0 atom stereocenters. The molecule has 2 N–H and O–H groups in total. The van der Waals surface area contributed by atoms with E-state index in [0.717, 1.165) is 24.5 Å². The molecule has 0 amide bonds. The number of carbonyl (C=O) groups is 1. The van der Waals surface area contributed by atoms with Crippen molar-refractivity contribution in [2.24, 2.45) is 0 Å². The van der Waals surface area contributed by atoms with Crippen molar-refractivity contribution in [1.29, 1.82) is 0 Å². The fraction of sp³-hybridized carbons (Fsp3) is 0.227. The van der Waals surface area contributed by atoms with Crippen molar-refractivity contribution in [3.63, 3.8) is 0 Å². The summed E-state index contributed by atoms with van der Waals surface area (Å²) < 4.78 is 33.3. The Morgan fingerprint density at radius 3 is 2.47 bits per heavy atom. The first-order valence-electron chi connectivity index (χ1n) is 10.1. The van der Waals surface area contributed by atoms with Gasteiger partial charge in [0.1, 0.15) is 0 Å². The molecule has 0 saturated carbocycles. The van der Waals surface area contributed by atoms with E-state index in [1.54, 1.807) is 42.6 Å². The quantitative estimate of drug-likeness (QED) is 0.525. The summed E-state index contributed by atoms with van der Waals surface area (Å²) in [5, 5.41) is 11.4. The van der Waals surface area contributed by atoms with Crippen LogP contribution in [0.4, 0.5) is 22.9 Å². The Balaban J connectivity index is 1.44. The third-order valence-corrected chi connectivity index (χ3v) is 6.36. The van der Waals surface area contributed by atoms with Crippen LogP contribution in [0.15, 0.2) is 65.7 Å². The first-order chi connectivity index (χ1) is 15.4. The molecule has 1 saturated heterocycles. The van der Waals surface area contributed by atoms with E-state index in [1.165, 1.54) is 19.1 Å². The molecule has 0 bridgehead atoms. The van der Waals surface area contributed by atoms with Gasteiger partial charge in [-0.25, -0.2) is 8.42 Å². The summed E-state index contributed by atoms with van der Waals surface area (Å²) in [6.07, 6.45) is 1.72. The number of ether oxygens (including phenoxy) is 1. The van der Waals surface area contributed by atoms with Crippen molar-refractivity contribution in [1.82, 2.24) is 10.2 Å². The molecular formula is C22H23N5O4S. The molecule has 2 heterocycles. The van der Waals surface area contributed by atoms with Gasteiger partial charge >= 0.3 is 0 Å². The zero-order chi connectivity index (χ0) is 22.6. The Labute approximate surface area is 186 Å². The molecule has 32 heavy (non-hydrogen) atoms. The summed E-state index contributed by atoms with van der Waals surface area (Å²) in [6.45, 7) is 4.36. The van der Waals surface area contributed by atoms with Crippen molar-refractivity contribution < 1.29 is 17.9 Å². The number of aromatic nitrogens is 2. The van der Waals surface area contributed by atoms with Gasteiger partial charge in [-0.05, 0) is 43.3 Å². The number of rotatable bonds is 7. The lowest BCUT2D eigenvalue weighted by Crippen LogP contribution is -2.36. The second kappa shape index (κ2) is 9.33. The molecule has 1 fully saturated rings. The number of carbonyl (C=O) groups excluding carboxylic acids is 1. The number of Topliss-reactive ketones (excluding diaryl/α,β-unsaturated/α-hetero) is 1. The highest BCUT2D eigenvalue weighted by Gasteiger charge is 2.16. The molecule has 4 rings (SSSR count). The molecule has 2 aromatic carbocycles. The second-order valence-electron chi connectivity index (χ2n) is 7.29. The molecule has 0 aliphatic carbocycles. The summed E-state index contributed by atoms with van der Waals surface area (Å²) in [6, 6.07) is 14.6. The van der Waals surface area contributed by atoms with Crippen LogP contribution in [0.5, 0.6) is 0 Å². The summed E-state index contributed by atoms with van der Waals surface area (Å²) in [7, 11) is -3.82. The number of sulfonamides is 1. The second-order valence-corrected chi connectivity index (χ2v) is 8.97. The van der Waals surface area contributed by atoms with Crippen LogP contribution in [0.3, 0.4) is 0 Å². The number of morpholine rings is 1. The topological polar surface area (TPSA) is 114 Å². The average Bonchev–Trinajstić information content (AvgIpc) is 2.81. The maximum absolute atomic E-state index is 12.7. The van der Waals surface area contributed by atoms with Gasteiger partial charge < -0.3 is 15.0 Å². The predicted molar refractivity (Wildman–Crippen MR) is 122 cm³/mol. The molecule has 1 aliphatic rings. The lowest BCUT2D eigenvalue weighted by atomic mass is 10.2. The standard InChI is InChI=1S/C22H23N5O4S/c1-16(28)17-3-2-4-21(13-17)32(29,30)26-19-7-5-18(6-8-19)24-22-14-20(15-23-25-22)27-9-11-31-12-10-27/h2-8,13-15,26H,9-12H2,1H3,(H,24,25). The monoisotopic (exact) mass is 453 g/mol. The Morgan fingerprint density at radius 2 is 1.75 bits per heavy atom. The Hall–Kier alpha value is -3.50. The van der Waals surface area contributed by atoms with E-state index in [-0.39, 0.29) is 10.7 Å². The Kier molecular flexibility index (Phi) is 6.33. The smallest absolute Gasteiger partial charge is 0.261 e. The van der Waals surface area contributed by atoms with Crippen molar-refractivity contribution in [3.05, 3.63) is 66.4 Å². The third kappa shape index (κ3) is 5.21. The van der Waals surface area contributed by atoms with E-state index in [4.69, 9.17) is 4.74 Å². The number of ketones is 1. The van der Waals surface area contributed by atoms with E-state index in [9.17, 15) is 13.2 Å². The van der Waals surface area contributed by atoms with Crippen LogP contribution in [-0.4, -0.2) is 50.7 Å². The van der Waals surface area contributed by atoms with Gasteiger partial charge in [-0.3, -0.25) is 9.52 Å². The van der Waals surface area contributed by atoms with Gasteiger partial charge in [-0.1, -0.05) is 12.1 Å². The molecule has 166 valence electrons. The minimum absolute atomic E-state index is 0.0302. The Morgan fingerprint density at radius 1 is 1.03 bits per heavy atom. The minimum atomic E-state index is -3.82. The molecule has 1 aromatic heterocycles. The maximum Gasteiger partial charge on any atom is 0.261 e. The van der Waals surface area contributed by atoms with Crippen molar-refractivity contribution >= 4 is 38.7 Å². The van der Waals surface area contributed by atoms with Gasteiger partial charge in [0.25, 0.3) is 10.0 Å². The summed E-state index contributed by atoms with van der Waals surface area (Å²) in [5.41, 5.74) is 2.44. The van der Waals surface area contributed by atoms with Gasteiger partial charge in [0.05, 0.1) is 30.0 Å². The number of hydrogen-bond donors (Lipinski definition) is 2. The number of anilines is 4. The van der Waals surface area contributed by atoms with Crippen LogP contribution in [-0.2, 0) is 14.8 Å². The fourth-order valence-corrected chi connectivity index (χ4v) is 4.38. The van der Waals surface area contributed by atoms with Crippen LogP contribution in [0, 0.1) is 0 Å². The number of nitrogens with one attached hydrogen (secondary N) is 2. The Bertz CT molecular complexity index is 1210. The summed E-state index contributed by atoms with van der Waals surface area (Å²) >= 11 is 0. The zero-order valence-electron chi connectivity index (χ0n) is 17.5. The van der Waals surface area contributed by atoms with Crippen LogP contribution < -0.4 is 14.9 Å². The van der Waals surface area contributed by atoms with Gasteiger partial charge in [0.15, 0.2) is 11.6 Å². The normalized spacial score (nSPS) is 14.1. The summed E-state index contributed by atoms with van der Waals surface area (Å²) in [5.74, 6) is 0.390. The van der Waals surface area contributed by atoms with Crippen molar-refractivity contribution in [2.75, 3.05) is 41.2 Å². The van der Waals surface area contributed by atoms with Gasteiger partial charge in [0, 0.05) is 36.1 Å². The van der Waals surface area contributed by atoms with E-state index < -0.39 is 10.0 Å². The molecule has 0 spiro atoms. The van der Waals surface area contributed by atoms with Gasteiger partial charge in [-0.15, -0.1) is 5.10 Å². The maximum atomic E-state index is 12.7. The SMILES string of the molecule is CC(=O)c1cccc(S(=O)(=O)Nc2ccc(Nc3cc(N4CCOCC4)cnn3)cc2)c1. The molecule has 3 aromatic rings. The van der Waals surface area contributed by atoms with Crippen LogP contribution in [0.25, 0.3) is 0 Å². The highest BCUT2D eigenvalue weighted by molar-refractivity contribution is 7.92. The molecule has 1 aliphatic heterocycles. The van der Waals surface area contributed by atoms with Crippen molar-refractivity contribution in [2.45, 2.75) is 11.8 Å². The predicted octanol–water partition coefficient (Wildman–Crippen LogP) is 3.06. The minimum Gasteiger partial charge on any atom is -0.378 e. The molecule has 9 nitrogen and oxygen atoms in total. The number of hydrogen-bond acceptors (Lipinski definition) is 8. The number of benzene rings is 2. The van der Waals surface area contributed by atoms with Gasteiger partial charge in [-0.2, -0.15) is 5.10 Å². The molecule has 0 unspecified atom stereocenters. The lowest BCUT2D eigenvalue weighted by molar-refractivity contribution is 0.101. The van der Waals surface area contributed by atoms with Crippen LogP contribution >= 0.6 is 0 Å². The molecule has 0 radical (unpaired) electrons. The lowest BCUT2D eigenvalue weighted by Gasteiger charge is -2.28. The molecular weight excluding hydrogens is 430 g/mol. The highest BCUT2D eigenvalue weighted by Crippen LogP contribution is 2.23. The molecule has 10 heteroatoms. The fourth-order valence-electron chi connectivity index (χ4n) is 3.28. The largest absolute Gasteiger partial charge is 0.378 e. The van der Waals surface area contributed by atoms with E-state index in [0.29, 0.717) is 30.3 Å². The number of nitrogens with zero attached hydrogens (tertiary/aromatic N) is 3.